The van der Waals surface area contributed by atoms with Crippen molar-refractivity contribution in [1.29, 1.82) is 0 Å². The number of hydrogen-bond donors (Lipinski definition) is 1. The third kappa shape index (κ3) is 3.56. The highest BCUT2D eigenvalue weighted by atomic mass is 16.6. The van der Waals surface area contributed by atoms with Gasteiger partial charge in [0.15, 0.2) is 0 Å². The van der Waals surface area contributed by atoms with Crippen molar-refractivity contribution in [1.82, 2.24) is 15.1 Å². The molecule has 2 saturated heterocycles. The van der Waals surface area contributed by atoms with E-state index < -0.39 is 12.1 Å². The van der Waals surface area contributed by atoms with Crippen molar-refractivity contribution >= 4 is 18.1 Å². The third-order valence-electron chi connectivity index (χ3n) is 3.79. The Balaban J connectivity index is 1.77. The molecule has 0 aromatic heterocycles. The fourth-order valence-corrected chi connectivity index (χ4v) is 2.46. The van der Waals surface area contributed by atoms with Gasteiger partial charge >= 0.3 is 12.2 Å². The molecule has 2 fully saturated rings. The van der Waals surface area contributed by atoms with Crippen molar-refractivity contribution in [3.8, 4) is 0 Å². The van der Waals surface area contributed by atoms with E-state index in [1.165, 1.54) is 4.90 Å². The molecule has 0 aliphatic carbocycles. The van der Waals surface area contributed by atoms with E-state index in [1.807, 2.05) is 0 Å². The van der Waals surface area contributed by atoms with Gasteiger partial charge in [0.1, 0.15) is 12.6 Å². The topological polar surface area (TPSA) is 88.2 Å². The van der Waals surface area contributed by atoms with Gasteiger partial charge < -0.3 is 19.7 Å². The van der Waals surface area contributed by atoms with Gasteiger partial charge in [0.05, 0.1) is 6.61 Å². The Bertz CT molecular complexity index is 420. The summed E-state index contributed by atoms with van der Waals surface area (Å²) in [4.78, 5) is 37.8. The van der Waals surface area contributed by atoms with Gasteiger partial charge in [-0.1, -0.05) is 0 Å². The molecule has 3 amide bonds. The molecule has 1 unspecified atom stereocenters. The zero-order chi connectivity index (χ0) is 15.4. The molecule has 0 saturated carbocycles. The number of hydrogen-bond acceptors (Lipinski definition) is 5. The Hall–Kier alpha value is -1.99. The summed E-state index contributed by atoms with van der Waals surface area (Å²) < 4.78 is 9.76. The number of likely N-dealkylation sites (tertiary alicyclic amines) is 1. The van der Waals surface area contributed by atoms with Gasteiger partial charge in [0.25, 0.3) is 0 Å². The minimum Gasteiger partial charge on any atom is -0.450 e. The van der Waals surface area contributed by atoms with E-state index in [9.17, 15) is 14.4 Å². The molecule has 0 bridgehead atoms. The standard InChI is InChI=1S/C13H21N3O5/c1-3-20-13(19)16-6-4-9(5-7-16)14-11(17)10-8-21-12(18)15(10)2/h9-10H,3-8H2,1-2H3,(H,14,17). The lowest BCUT2D eigenvalue weighted by molar-refractivity contribution is -0.125. The van der Waals surface area contributed by atoms with Crippen LogP contribution in [-0.2, 0) is 14.3 Å². The van der Waals surface area contributed by atoms with E-state index in [0.717, 1.165) is 0 Å². The average molecular weight is 299 g/mol. The van der Waals surface area contributed by atoms with Crippen LogP contribution >= 0.6 is 0 Å². The zero-order valence-electron chi connectivity index (χ0n) is 12.3. The SMILES string of the molecule is CCOC(=O)N1CCC(NC(=O)C2COC(=O)N2C)CC1. The Morgan fingerprint density at radius 2 is 2.05 bits per heavy atom. The van der Waals surface area contributed by atoms with E-state index in [-0.39, 0.29) is 24.6 Å². The maximum Gasteiger partial charge on any atom is 0.410 e. The Labute approximate surface area is 123 Å². The van der Waals surface area contributed by atoms with Gasteiger partial charge in [-0.2, -0.15) is 0 Å². The van der Waals surface area contributed by atoms with Crippen molar-refractivity contribution in [3.05, 3.63) is 0 Å². The molecule has 0 radical (unpaired) electrons. The van der Waals surface area contributed by atoms with Crippen LogP contribution in [0.4, 0.5) is 9.59 Å². The summed E-state index contributed by atoms with van der Waals surface area (Å²) in [5.41, 5.74) is 0. The molecule has 0 aromatic carbocycles. The monoisotopic (exact) mass is 299 g/mol. The Kier molecular flexibility index (Phi) is 4.87. The molecular weight excluding hydrogens is 278 g/mol. The van der Waals surface area contributed by atoms with E-state index >= 15 is 0 Å². The summed E-state index contributed by atoms with van der Waals surface area (Å²) in [5.74, 6) is -0.210. The minimum absolute atomic E-state index is 0.00674. The van der Waals surface area contributed by atoms with Gasteiger partial charge in [-0.3, -0.25) is 9.69 Å². The lowest BCUT2D eigenvalue weighted by Gasteiger charge is -2.32. The van der Waals surface area contributed by atoms with Crippen LogP contribution in [0, 0.1) is 0 Å². The zero-order valence-corrected chi connectivity index (χ0v) is 12.3. The van der Waals surface area contributed by atoms with Crippen molar-refractivity contribution in [2.75, 3.05) is 33.4 Å². The van der Waals surface area contributed by atoms with Gasteiger partial charge in [-0.05, 0) is 19.8 Å². The maximum atomic E-state index is 12.1. The number of nitrogens with zero attached hydrogens (tertiary/aromatic N) is 2. The van der Waals surface area contributed by atoms with Crippen LogP contribution in [0.2, 0.25) is 0 Å². The van der Waals surface area contributed by atoms with Crippen LogP contribution in [0.5, 0.6) is 0 Å². The number of rotatable bonds is 3. The van der Waals surface area contributed by atoms with Crippen molar-refractivity contribution in [2.24, 2.45) is 0 Å². The quantitative estimate of drug-likeness (QED) is 0.803. The van der Waals surface area contributed by atoms with Crippen LogP contribution in [-0.4, -0.2) is 73.3 Å². The highest BCUT2D eigenvalue weighted by Crippen LogP contribution is 2.14. The first kappa shape index (κ1) is 15.4. The summed E-state index contributed by atoms with van der Waals surface area (Å²) in [6.07, 6.45) is 0.565. The summed E-state index contributed by atoms with van der Waals surface area (Å²) >= 11 is 0. The number of carbonyl (C=O) groups excluding carboxylic acids is 3. The largest absolute Gasteiger partial charge is 0.450 e. The summed E-state index contributed by atoms with van der Waals surface area (Å²) in [6, 6.07) is -0.562. The van der Waals surface area contributed by atoms with Gasteiger partial charge in [0, 0.05) is 26.2 Å². The fourth-order valence-electron chi connectivity index (χ4n) is 2.46. The number of amides is 3. The number of piperidine rings is 1. The van der Waals surface area contributed by atoms with Crippen LogP contribution in [0.25, 0.3) is 0 Å². The van der Waals surface area contributed by atoms with Gasteiger partial charge in [-0.15, -0.1) is 0 Å². The lowest BCUT2D eigenvalue weighted by Crippen LogP contribution is -2.51. The summed E-state index contributed by atoms with van der Waals surface area (Å²) in [5, 5.41) is 2.91. The maximum absolute atomic E-state index is 12.1. The summed E-state index contributed by atoms with van der Waals surface area (Å²) in [7, 11) is 1.54. The number of likely N-dealkylation sites (N-methyl/N-ethyl adjacent to an activating group) is 1. The Morgan fingerprint density at radius 3 is 2.57 bits per heavy atom. The van der Waals surface area contributed by atoms with Crippen molar-refractivity contribution in [3.63, 3.8) is 0 Å². The average Bonchev–Trinajstić information content (AvgIpc) is 2.80. The molecule has 1 atom stereocenters. The van der Waals surface area contributed by atoms with E-state index in [2.05, 4.69) is 5.32 Å². The van der Waals surface area contributed by atoms with E-state index in [4.69, 9.17) is 9.47 Å². The molecule has 2 aliphatic heterocycles. The van der Waals surface area contributed by atoms with E-state index in [1.54, 1.807) is 18.9 Å². The van der Waals surface area contributed by atoms with Gasteiger partial charge in [0.2, 0.25) is 5.91 Å². The number of carbonyl (C=O) groups is 3. The lowest BCUT2D eigenvalue weighted by atomic mass is 10.0. The molecule has 2 heterocycles. The second kappa shape index (κ2) is 6.64. The molecule has 8 nitrogen and oxygen atoms in total. The number of nitrogens with one attached hydrogen (secondary N) is 1. The predicted octanol–water partition coefficient (Wildman–Crippen LogP) is 0.174. The van der Waals surface area contributed by atoms with Crippen LogP contribution in [0.3, 0.4) is 0 Å². The number of ether oxygens (including phenoxy) is 2. The first-order valence-corrected chi connectivity index (χ1v) is 7.14. The highest BCUT2D eigenvalue weighted by molar-refractivity contribution is 5.87. The molecule has 118 valence electrons. The van der Waals surface area contributed by atoms with Crippen molar-refractivity contribution < 1.29 is 23.9 Å². The second-order valence-electron chi connectivity index (χ2n) is 5.17. The molecule has 2 aliphatic rings. The minimum atomic E-state index is -0.569. The molecule has 0 spiro atoms. The first-order chi connectivity index (χ1) is 10.0. The van der Waals surface area contributed by atoms with Crippen LogP contribution in [0.15, 0.2) is 0 Å². The highest BCUT2D eigenvalue weighted by Gasteiger charge is 2.36. The molecular formula is C13H21N3O5. The second-order valence-corrected chi connectivity index (χ2v) is 5.17. The van der Waals surface area contributed by atoms with E-state index in [0.29, 0.717) is 32.5 Å². The smallest absolute Gasteiger partial charge is 0.410 e. The third-order valence-corrected chi connectivity index (χ3v) is 3.79. The normalized spacial score (nSPS) is 23.0. The predicted molar refractivity (Wildman–Crippen MR) is 72.7 cm³/mol. The molecule has 2 rings (SSSR count). The van der Waals surface area contributed by atoms with Crippen LogP contribution in [0.1, 0.15) is 19.8 Å². The molecule has 8 heteroatoms. The summed E-state index contributed by atoms with van der Waals surface area (Å²) in [6.45, 7) is 3.33. The van der Waals surface area contributed by atoms with Gasteiger partial charge in [-0.25, -0.2) is 9.59 Å². The fraction of sp³-hybridized carbons (Fsp3) is 0.769. The Morgan fingerprint density at radius 1 is 1.38 bits per heavy atom. The molecule has 21 heavy (non-hydrogen) atoms. The molecule has 1 N–H and O–H groups in total. The van der Waals surface area contributed by atoms with Crippen molar-refractivity contribution in [2.45, 2.75) is 31.8 Å². The number of cyclic esters (lactones) is 1. The first-order valence-electron chi connectivity index (χ1n) is 7.14. The molecule has 0 aromatic rings. The van der Waals surface area contributed by atoms with Crippen LogP contribution < -0.4 is 5.32 Å².